The molecule has 0 aliphatic rings. The van der Waals surface area contributed by atoms with E-state index in [-0.39, 0.29) is 0 Å². The fourth-order valence-electron chi connectivity index (χ4n) is 5.56. The van der Waals surface area contributed by atoms with Crippen molar-refractivity contribution >= 4 is 0 Å². The standard InChI is InChI=1S/C39H80O6/c1-7-32-40-38(41-33-8-2,42-34-9-3)30-28-26-24-22-20-18-16-14-13-15-17-19-21-23-25-27-29-31-39(43-35-10-4,44-36-11-5)45-37-12-6/h7-37H2,1-6H3. The first-order chi connectivity index (χ1) is 22.1. The van der Waals surface area contributed by atoms with Gasteiger partial charge in [-0.25, -0.2) is 0 Å². The van der Waals surface area contributed by atoms with Gasteiger partial charge in [0.05, 0.1) is 39.6 Å². The van der Waals surface area contributed by atoms with Crippen molar-refractivity contribution in [3.8, 4) is 0 Å². The Morgan fingerprint density at radius 2 is 0.400 bits per heavy atom. The fourth-order valence-corrected chi connectivity index (χ4v) is 5.56. The highest BCUT2D eigenvalue weighted by molar-refractivity contribution is 4.62. The molecule has 0 atom stereocenters. The van der Waals surface area contributed by atoms with Crippen molar-refractivity contribution in [3.05, 3.63) is 0 Å². The van der Waals surface area contributed by atoms with Gasteiger partial charge in [-0.3, -0.25) is 0 Å². The number of ether oxygens (including phenoxy) is 6. The molecule has 0 aromatic heterocycles. The maximum absolute atomic E-state index is 6.10. The Hall–Kier alpha value is -0.240. The molecule has 0 aromatic carbocycles. The molecule has 0 aromatic rings. The van der Waals surface area contributed by atoms with Gasteiger partial charge in [-0.15, -0.1) is 0 Å². The molecule has 0 rings (SSSR count). The Bertz CT molecular complexity index is 480. The Morgan fingerprint density at radius 3 is 0.556 bits per heavy atom. The van der Waals surface area contributed by atoms with E-state index in [4.69, 9.17) is 28.4 Å². The van der Waals surface area contributed by atoms with Crippen molar-refractivity contribution in [2.24, 2.45) is 0 Å². The molecule has 0 radical (unpaired) electrons. The topological polar surface area (TPSA) is 55.4 Å². The third-order valence-corrected chi connectivity index (χ3v) is 8.12. The van der Waals surface area contributed by atoms with Crippen molar-refractivity contribution in [2.75, 3.05) is 39.6 Å². The van der Waals surface area contributed by atoms with E-state index in [0.29, 0.717) is 39.6 Å². The molecule has 272 valence electrons. The summed E-state index contributed by atoms with van der Waals surface area (Å²) in [7, 11) is 0. The van der Waals surface area contributed by atoms with Crippen LogP contribution in [0.2, 0.25) is 0 Å². The van der Waals surface area contributed by atoms with Gasteiger partial charge in [0, 0.05) is 12.8 Å². The van der Waals surface area contributed by atoms with Crippen molar-refractivity contribution in [1.29, 1.82) is 0 Å². The fraction of sp³-hybridized carbons (Fsp3) is 1.00. The monoisotopic (exact) mass is 645 g/mol. The van der Waals surface area contributed by atoms with Gasteiger partial charge in [0.1, 0.15) is 0 Å². The molecule has 0 saturated heterocycles. The molecule has 0 amide bonds. The molecule has 0 aliphatic heterocycles. The van der Waals surface area contributed by atoms with Gasteiger partial charge in [0.2, 0.25) is 0 Å². The summed E-state index contributed by atoms with van der Waals surface area (Å²) in [6.45, 7) is 17.0. The molecule has 45 heavy (non-hydrogen) atoms. The number of rotatable bonds is 38. The van der Waals surface area contributed by atoms with Crippen LogP contribution in [0.4, 0.5) is 0 Å². The van der Waals surface area contributed by atoms with Gasteiger partial charge in [-0.2, -0.15) is 0 Å². The SMILES string of the molecule is CCCOC(CCCCCCCCCCCCCCCCCCCC(OCCC)(OCCC)OCCC)(OCCC)OCCC. The molecule has 0 bridgehead atoms. The molecule has 6 heteroatoms. The summed E-state index contributed by atoms with van der Waals surface area (Å²) in [5, 5.41) is 0. The molecule has 0 spiro atoms. The van der Waals surface area contributed by atoms with Crippen LogP contribution in [0, 0.1) is 0 Å². The van der Waals surface area contributed by atoms with E-state index in [2.05, 4.69) is 41.5 Å². The van der Waals surface area contributed by atoms with Gasteiger partial charge in [-0.05, 0) is 51.4 Å². The number of hydrogen-bond donors (Lipinski definition) is 0. The third kappa shape index (κ3) is 26.4. The summed E-state index contributed by atoms with van der Waals surface area (Å²) in [6.07, 6.45) is 30.1. The minimum absolute atomic E-state index is 0.690. The predicted octanol–water partition coefficient (Wildman–Crippen LogP) is 12.3. The van der Waals surface area contributed by atoms with E-state index in [1.54, 1.807) is 0 Å². The summed E-state index contributed by atoms with van der Waals surface area (Å²) in [5.74, 6) is -1.65. The maximum Gasteiger partial charge on any atom is 0.282 e. The predicted molar refractivity (Wildman–Crippen MR) is 191 cm³/mol. The Balaban J connectivity index is 3.80. The maximum atomic E-state index is 6.10. The zero-order chi connectivity index (χ0) is 33.2. The molecule has 0 heterocycles. The number of unbranched alkanes of at least 4 members (excludes halogenated alkanes) is 16. The zero-order valence-corrected chi connectivity index (χ0v) is 31.4. The van der Waals surface area contributed by atoms with E-state index in [1.165, 1.54) is 96.3 Å². The summed E-state index contributed by atoms with van der Waals surface area (Å²) in [6, 6.07) is 0. The zero-order valence-electron chi connectivity index (χ0n) is 31.4. The summed E-state index contributed by atoms with van der Waals surface area (Å²) < 4.78 is 36.6. The van der Waals surface area contributed by atoms with E-state index in [1.807, 2.05) is 0 Å². The summed E-state index contributed by atoms with van der Waals surface area (Å²) in [4.78, 5) is 0. The highest BCUT2D eigenvalue weighted by Gasteiger charge is 2.33. The smallest absolute Gasteiger partial charge is 0.282 e. The molecule has 0 N–H and O–H groups in total. The second kappa shape index (κ2) is 33.7. The normalized spacial score (nSPS) is 12.4. The first-order valence-electron chi connectivity index (χ1n) is 19.9. The van der Waals surface area contributed by atoms with Crippen LogP contribution in [-0.4, -0.2) is 51.6 Å². The van der Waals surface area contributed by atoms with E-state index >= 15 is 0 Å². The van der Waals surface area contributed by atoms with E-state index in [9.17, 15) is 0 Å². The minimum Gasteiger partial charge on any atom is -0.327 e. The molecule has 0 saturated carbocycles. The molecule has 0 unspecified atom stereocenters. The van der Waals surface area contributed by atoms with Crippen LogP contribution in [0.5, 0.6) is 0 Å². The van der Waals surface area contributed by atoms with Gasteiger partial charge in [-0.1, -0.05) is 138 Å². The van der Waals surface area contributed by atoms with Crippen LogP contribution >= 0.6 is 0 Å². The molecular formula is C39H80O6. The lowest BCUT2D eigenvalue weighted by atomic mass is 10.0. The second-order valence-corrected chi connectivity index (χ2v) is 13.0. The summed E-state index contributed by atoms with van der Waals surface area (Å²) >= 11 is 0. The van der Waals surface area contributed by atoms with Crippen molar-refractivity contribution in [3.63, 3.8) is 0 Å². The average molecular weight is 645 g/mol. The van der Waals surface area contributed by atoms with Crippen LogP contribution < -0.4 is 0 Å². The van der Waals surface area contributed by atoms with Crippen LogP contribution in [0.1, 0.15) is 202 Å². The van der Waals surface area contributed by atoms with Crippen LogP contribution in [-0.2, 0) is 28.4 Å². The third-order valence-electron chi connectivity index (χ3n) is 8.12. The number of hydrogen-bond acceptors (Lipinski definition) is 6. The average Bonchev–Trinajstić information content (AvgIpc) is 3.06. The van der Waals surface area contributed by atoms with Crippen molar-refractivity contribution in [2.45, 2.75) is 214 Å². The highest BCUT2D eigenvalue weighted by Crippen LogP contribution is 2.27. The molecule has 6 nitrogen and oxygen atoms in total. The van der Waals surface area contributed by atoms with Crippen LogP contribution in [0.3, 0.4) is 0 Å². The van der Waals surface area contributed by atoms with E-state index < -0.39 is 11.9 Å². The van der Waals surface area contributed by atoms with Gasteiger partial charge < -0.3 is 28.4 Å². The molecule has 0 aliphatic carbocycles. The second-order valence-electron chi connectivity index (χ2n) is 13.0. The summed E-state index contributed by atoms with van der Waals surface area (Å²) in [5.41, 5.74) is 0. The molecule has 0 fully saturated rings. The van der Waals surface area contributed by atoms with Gasteiger partial charge in [0.25, 0.3) is 11.9 Å². The van der Waals surface area contributed by atoms with Crippen LogP contribution in [0.25, 0.3) is 0 Å². The Kier molecular flexibility index (Phi) is 33.5. The van der Waals surface area contributed by atoms with Crippen molar-refractivity contribution in [1.82, 2.24) is 0 Å². The van der Waals surface area contributed by atoms with Gasteiger partial charge >= 0.3 is 0 Å². The quantitative estimate of drug-likeness (QED) is 0.0492. The first kappa shape index (κ1) is 44.8. The minimum atomic E-state index is -0.827. The highest BCUT2D eigenvalue weighted by atomic mass is 16.9. The Morgan fingerprint density at radius 1 is 0.244 bits per heavy atom. The van der Waals surface area contributed by atoms with Gasteiger partial charge in [0.15, 0.2) is 0 Å². The van der Waals surface area contributed by atoms with Crippen LogP contribution in [0.15, 0.2) is 0 Å². The lowest BCUT2D eigenvalue weighted by Crippen LogP contribution is -2.40. The van der Waals surface area contributed by atoms with E-state index in [0.717, 1.165) is 64.2 Å². The Labute approximate surface area is 281 Å². The first-order valence-corrected chi connectivity index (χ1v) is 19.9. The lowest BCUT2D eigenvalue weighted by Gasteiger charge is -2.33. The largest absolute Gasteiger partial charge is 0.327 e. The van der Waals surface area contributed by atoms with Crippen molar-refractivity contribution < 1.29 is 28.4 Å². The molecular weight excluding hydrogens is 564 g/mol. The lowest BCUT2D eigenvalue weighted by molar-refractivity contribution is -0.384.